The van der Waals surface area contributed by atoms with Crippen LogP contribution in [0.4, 0.5) is 0 Å². The number of fused-ring (bicyclic) bond motifs is 1. The van der Waals surface area contributed by atoms with Gasteiger partial charge in [0.2, 0.25) is 23.3 Å². The number of nitrogens with zero attached hydrogens (tertiary/aromatic N) is 8. The minimum atomic E-state index is -0.239. The van der Waals surface area contributed by atoms with E-state index in [1.807, 2.05) is 60.8 Å². The molecule has 0 atom stereocenters. The van der Waals surface area contributed by atoms with E-state index in [1.165, 1.54) is 47.4 Å². The molecule has 0 unspecified atom stereocenters. The van der Waals surface area contributed by atoms with E-state index in [1.54, 1.807) is 0 Å². The molecule has 21 nitrogen and oxygen atoms in total. The van der Waals surface area contributed by atoms with Gasteiger partial charge in [0.25, 0.3) is 23.6 Å². The molecule has 0 saturated heterocycles. The topological polar surface area (TPSA) is 298 Å². The second-order valence-electron chi connectivity index (χ2n) is 14.4. The van der Waals surface area contributed by atoms with Gasteiger partial charge in [-0.3, -0.25) is 39.6 Å². The van der Waals surface area contributed by atoms with Gasteiger partial charge in [0.15, 0.2) is 0 Å². The maximum Gasteiger partial charge on any atom is 0.288 e. The first-order valence-electron chi connectivity index (χ1n) is 21.6. The molecule has 21 heteroatoms. The molecule has 66 heavy (non-hydrogen) atoms. The molecule has 0 spiro atoms. The summed E-state index contributed by atoms with van der Waals surface area (Å²) in [4.78, 5) is 64.0. The molecule has 0 radical (unpaired) electrons. The predicted octanol–water partition coefficient (Wildman–Crippen LogP) is 4.32. The summed E-state index contributed by atoms with van der Waals surface area (Å²) in [7, 11) is 0. The normalized spacial score (nSPS) is 10.3. The summed E-state index contributed by atoms with van der Waals surface area (Å²) in [5, 5.41) is 36.8. The molecular formula is C45H55N17O4. The summed E-state index contributed by atoms with van der Waals surface area (Å²) >= 11 is 0. The van der Waals surface area contributed by atoms with Crippen LogP contribution in [-0.2, 0) is 19.3 Å². The second kappa shape index (κ2) is 28.4. The zero-order valence-electron chi connectivity index (χ0n) is 36.7. The molecule has 0 aliphatic carbocycles. The average molecular weight is 898 g/mol. The van der Waals surface area contributed by atoms with Gasteiger partial charge in [-0.2, -0.15) is 20.4 Å². The number of hydrogen-bond donors (Lipinski definition) is 9. The average Bonchev–Trinajstić information content (AvgIpc) is 4.22. The van der Waals surface area contributed by atoms with Crippen molar-refractivity contribution >= 4 is 34.5 Å². The number of unbranched alkanes of at least 4 members (excludes halogenated alkanes) is 2. The van der Waals surface area contributed by atoms with Gasteiger partial charge >= 0.3 is 0 Å². The number of nitrogens with one attached hydrogen (secondary N) is 9. The van der Waals surface area contributed by atoms with Gasteiger partial charge in [0, 0.05) is 43.3 Å². The number of benzene rings is 3. The molecule has 0 aliphatic heterocycles. The summed E-state index contributed by atoms with van der Waals surface area (Å²) in [5.74, 6) is 0.175. The lowest BCUT2D eigenvalue weighted by molar-refractivity contribution is 0.0935. The summed E-state index contributed by atoms with van der Waals surface area (Å²) < 4.78 is 0. The van der Waals surface area contributed by atoms with E-state index in [-0.39, 0.29) is 46.9 Å². The molecule has 9 N–H and O–H groups in total. The van der Waals surface area contributed by atoms with Crippen molar-refractivity contribution < 1.29 is 19.2 Å². The fraction of sp³-hybridized carbons (Fsp3) is 0.289. The Morgan fingerprint density at radius 2 is 0.864 bits per heavy atom. The van der Waals surface area contributed by atoms with Crippen LogP contribution in [0.5, 0.6) is 0 Å². The first-order chi connectivity index (χ1) is 32.4. The Morgan fingerprint density at radius 3 is 1.32 bits per heavy atom. The number of aromatic amines is 5. The molecule has 0 bridgehead atoms. The van der Waals surface area contributed by atoms with Crippen LogP contribution in [0, 0.1) is 0 Å². The van der Waals surface area contributed by atoms with Crippen LogP contribution in [0.15, 0.2) is 116 Å². The lowest BCUT2D eigenvalue weighted by atomic mass is 10.1. The maximum atomic E-state index is 11.6. The molecule has 4 amide bonds. The number of aryl methyl sites for hydroxylation is 2. The number of amides is 4. The molecule has 5 aromatic heterocycles. The van der Waals surface area contributed by atoms with E-state index in [0.29, 0.717) is 26.2 Å². The Morgan fingerprint density at radius 1 is 0.455 bits per heavy atom. The van der Waals surface area contributed by atoms with Gasteiger partial charge in [0.05, 0.1) is 0 Å². The zero-order valence-corrected chi connectivity index (χ0v) is 36.7. The Labute approximate surface area is 380 Å². The van der Waals surface area contributed by atoms with E-state index >= 15 is 0 Å². The highest BCUT2D eigenvalue weighted by molar-refractivity contribution is 5.91. The van der Waals surface area contributed by atoms with Crippen molar-refractivity contribution in [1.82, 2.24) is 87.0 Å². The summed E-state index contributed by atoms with van der Waals surface area (Å²) in [5.41, 5.74) is 4.91. The molecule has 0 aliphatic rings. The smallest absolute Gasteiger partial charge is 0.288 e. The van der Waals surface area contributed by atoms with E-state index in [9.17, 15) is 19.2 Å². The van der Waals surface area contributed by atoms with Gasteiger partial charge in [-0.15, -0.1) is 0 Å². The fourth-order valence-corrected chi connectivity index (χ4v) is 6.06. The SMILES string of the molecule is CCCCNC(=O)c1ncn[nH]1.O=C(NCCCCc1ccccc1)c1ncn[nH]1.O=C(NCCCc1ccccc1)c1ncn[nH]1.O=C(NCCc1c[nH]c2ccccc12)c1ncn[nH]1. The van der Waals surface area contributed by atoms with Gasteiger partial charge in [-0.1, -0.05) is 92.2 Å². The highest BCUT2D eigenvalue weighted by atomic mass is 16.2. The van der Waals surface area contributed by atoms with Crippen LogP contribution in [-0.4, -0.2) is 116 Å². The highest BCUT2D eigenvalue weighted by Crippen LogP contribution is 2.17. The number of rotatable bonds is 19. The first kappa shape index (κ1) is 48.7. The van der Waals surface area contributed by atoms with Crippen molar-refractivity contribution in [2.75, 3.05) is 26.2 Å². The van der Waals surface area contributed by atoms with Crippen LogP contribution in [0.3, 0.4) is 0 Å². The molecule has 0 saturated carbocycles. The molecule has 344 valence electrons. The van der Waals surface area contributed by atoms with Gasteiger partial charge < -0.3 is 26.3 Å². The van der Waals surface area contributed by atoms with Gasteiger partial charge in [-0.05, 0) is 67.7 Å². The van der Waals surface area contributed by atoms with Crippen LogP contribution >= 0.6 is 0 Å². The molecule has 3 aromatic carbocycles. The highest BCUT2D eigenvalue weighted by Gasteiger charge is 2.10. The van der Waals surface area contributed by atoms with Crippen molar-refractivity contribution in [3.8, 4) is 0 Å². The van der Waals surface area contributed by atoms with Gasteiger partial charge in [-0.25, -0.2) is 19.9 Å². The number of carbonyl (C=O) groups is 4. The Kier molecular flexibility index (Phi) is 20.9. The summed E-state index contributed by atoms with van der Waals surface area (Å²) in [6.07, 6.45) is 15.0. The standard InChI is InChI=1S/C13H13N5O.C13H16N4O.C12H14N4O.C7H12N4O/c19-13(12-16-8-17-18-12)14-6-5-9-7-15-11-4-2-1-3-10(9)11;18-13(12-15-10-16-17-12)14-9-5-4-8-11-6-2-1-3-7-11;17-12(11-14-9-15-16-11)13-8-4-7-10-5-2-1-3-6-10;1-2-3-4-8-7(12)6-9-5-10-11-6/h1-4,7-8,15H,5-6H2,(H,14,19)(H,16,17,18);1-3,6-7,10H,4-5,8-9H2,(H,14,18)(H,15,16,17);1-3,5-6,9H,4,7-8H2,(H,13,17)(H,14,15,16);5H,2-4H2,1H3,(H,8,12)(H,9,10,11). The lowest BCUT2D eigenvalue weighted by Crippen LogP contribution is -2.26. The molecule has 5 heterocycles. The quantitative estimate of drug-likeness (QED) is 0.0513. The number of carbonyl (C=O) groups excluding carboxylic acids is 4. The number of hydrogen-bond acceptors (Lipinski definition) is 12. The van der Waals surface area contributed by atoms with E-state index in [2.05, 4.69) is 124 Å². The van der Waals surface area contributed by atoms with Crippen molar-refractivity contribution in [3.05, 3.63) is 156 Å². The van der Waals surface area contributed by atoms with Crippen LogP contribution in [0.25, 0.3) is 10.9 Å². The first-order valence-corrected chi connectivity index (χ1v) is 21.6. The third-order valence-corrected chi connectivity index (χ3v) is 9.48. The summed E-state index contributed by atoms with van der Waals surface area (Å²) in [6, 6.07) is 28.6. The van der Waals surface area contributed by atoms with Crippen molar-refractivity contribution in [2.45, 2.75) is 58.3 Å². The van der Waals surface area contributed by atoms with Crippen LogP contribution in [0.1, 0.15) is 98.2 Å². The van der Waals surface area contributed by atoms with E-state index < -0.39 is 0 Å². The second-order valence-corrected chi connectivity index (χ2v) is 14.4. The summed E-state index contributed by atoms with van der Waals surface area (Å²) in [6.45, 7) is 4.61. The van der Waals surface area contributed by atoms with Crippen molar-refractivity contribution in [3.63, 3.8) is 0 Å². The third kappa shape index (κ3) is 17.4. The van der Waals surface area contributed by atoms with Gasteiger partial charge in [0.1, 0.15) is 25.3 Å². The fourth-order valence-electron chi connectivity index (χ4n) is 6.06. The monoisotopic (exact) mass is 897 g/mol. The Bertz CT molecular complexity index is 2530. The van der Waals surface area contributed by atoms with E-state index in [0.717, 1.165) is 56.9 Å². The Hall–Kier alpha value is -8.36. The molecular weight excluding hydrogens is 843 g/mol. The van der Waals surface area contributed by atoms with Crippen molar-refractivity contribution in [1.29, 1.82) is 0 Å². The molecule has 0 fully saturated rings. The van der Waals surface area contributed by atoms with Crippen LogP contribution in [0.2, 0.25) is 0 Å². The largest absolute Gasteiger partial charge is 0.361 e. The minimum Gasteiger partial charge on any atom is -0.361 e. The van der Waals surface area contributed by atoms with Crippen LogP contribution < -0.4 is 21.3 Å². The third-order valence-electron chi connectivity index (χ3n) is 9.48. The molecule has 8 aromatic rings. The number of H-pyrrole nitrogens is 5. The molecule has 8 rings (SSSR count). The maximum absolute atomic E-state index is 11.6. The zero-order chi connectivity index (χ0) is 46.4. The predicted molar refractivity (Wildman–Crippen MR) is 246 cm³/mol. The van der Waals surface area contributed by atoms with E-state index in [4.69, 9.17) is 0 Å². The Balaban J connectivity index is 0.000000167. The minimum absolute atomic E-state index is 0.194. The lowest BCUT2D eigenvalue weighted by Gasteiger charge is -2.03. The van der Waals surface area contributed by atoms with Crippen molar-refractivity contribution in [2.24, 2.45) is 0 Å². The number of para-hydroxylation sites is 1. The number of aromatic nitrogens is 13.